The minimum Gasteiger partial charge on any atom is -0.355 e. The monoisotopic (exact) mass is 297 g/mol. The average molecular weight is 297 g/mol. The zero-order chi connectivity index (χ0) is 15.7. The summed E-state index contributed by atoms with van der Waals surface area (Å²) < 4.78 is 0. The van der Waals surface area contributed by atoms with Gasteiger partial charge in [0, 0.05) is 19.5 Å². The Morgan fingerprint density at radius 1 is 1.29 bits per heavy atom. The van der Waals surface area contributed by atoms with Crippen LogP contribution >= 0.6 is 0 Å². The molecule has 4 nitrogen and oxygen atoms in total. The Morgan fingerprint density at radius 3 is 2.52 bits per heavy atom. The summed E-state index contributed by atoms with van der Waals surface area (Å²) >= 11 is 0. The fourth-order valence-electron chi connectivity index (χ4n) is 3.07. The molecule has 1 amide bonds. The first-order valence-corrected chi connectivity index (χ1v) is 8.72. The van der Waals surface area contributed by atoms with Crippen LogP contribution in [-0.2, 0) is 4.79 Å². The molecule has 0 saturated carbocycles. The summed E-state index contributed by atoms with van der Waals surface area (Å²) in [5.41, 5.74) is 5.64. The van der Waals surface area contributed by atoms with E-state index < -0.39 is 0 Å². The van der Waals surface area contributed by atoms with Crippen LogP contribution < -0.4 is 11.1 Å². The number of carbonyl (C=O) groups is 1. The third-order valence-corrected chi connectivity index (χ3v) is 4.85. The maximum Gasteiger partial charge on any atom is 0.220 e. The van der Waals surface area contributed by atoms with E-state index in [9.17, 15) is 4.79 Å². The van der Waals surface area contributed by atoms with E-state index >= 15 is 0 Å². The molecule has 0 aromatic carbocycles. The van der Waals surface area contributed by atoms with Crippen molar-refractivity contribution < 1.29 is 4.79 Å². The van der Waals surface area contributed by atoms with Crippen LogP contribution in [0.3, 0.4) is 0 Å². The molecular formula is C17H35N3O. The minimum atomic E-state index is 0.197. The van der Waals surface area contributed by atoms with E-state index in [0.29, 0.717) is 18.3 Å². The molecule has 1 atom stereocenters. The zero-order valence-corrected chi connectivity index (χ0v) is 14.2. The maximum absolute atomic E-state index is 11.9. The van der Waals surface area contributed by atoms with E-state index in [2.05, 4.69) is 31.0 Å². The summed E-state index contributed by atoms with van der Waals surface area (Å²) in [6.07, 6.45) is 5.21. The molecule has 1 rings (SSSR count). The van der Waals surface area contributed by atoms with Gasteiger partial charge in [0.05, 0.1) is 0 Å². The Hall–Kier alpha value is -0.610. The summed E-state index contributed by atoms with van der Waals surface area (Å²) in [7, 11) is 0. The van der Waals surface area contributed by atoms with Crippen molar-refractivity contribution in [2.75, 3.05) is 32.7 Å². The first-order chi connectivity index (χ1) is 10.0. The number of carbonyl (C=O) groups excluding carboxylic acids is 1. The molecule has 1 fully saturated rings. The number of nitrogens with one attached hydrogen (secondary N) is 1. The lowest BCUT2D eigenvalue weighted by atomic mass is 9.88. The molecule has 0 aromatic heterocycles. The standard InChI is InChI=1S/C17H35N3O/c1-14(2)16(6-9-18)4-5-17(21)19-10-13-20-11-7-15(3)8-12-20/h14-16H,4-13,18H2,1-3H3,(H,19,21). The fourth-order valence-corrected chi connectivity index (χ4v) is 3.07. The van der Waals surface area contributed by atoms with E-state index in [4.69, 9.17) is 5.73 Å². The van der Waals surface area contributed by atoms with Gasteiger partial charge in [0.25, 0.3) is 0 Å². The molecule has 1 aliphatic heterocycles. The van der Waals surface area contributed by atoms with E-state index in [1.807, 2.05) is 0 Å². The van der Waals surface area contributed by atoms with Gasteiger partial charge in [-0.05, 0) is 63.1 Å². The normalized spacial score (nSPS) is 18.9. The Balaban J connectivity index is 2.10. The number of amides is 1. The van der Waals surface area contributed by atoms with Gasteiger partial charge in [-0.15, -0.1) is 0 Å². The lowest BCUT2D eigenvalue weighted by molar-refractivity contribution is -0.121. The van der Waals surface area contributed by atoms with Gasteiger partial charge in [0.1, 0.15) is 0 Å². The predicted molar refractivity (Wildman–Crippen MR) is 89.1 cm³/mol. The van der Waals surface area contributed by atoms with Gasteiger partial charge >= 0.3 is 0 Å². The van der Waals surface area contributed by atoms with Crippen LogP contribution in [0.15, 0.2) is 0 Å². The van der Waals surface area contributed by atoms with Crippen LogP contribution in [0, 0.1) is 17.8 Å². The van der Waals surface area contributed by atoms with Crippen molar-refractivity contribution in [1.82, 2.24) is 10.2 Å². The molecule has 1 unspecified atom stereocenters. The predicted octanol–water partition coefficient (Wildman–Crippen LogP) is 2.24. The van der Waals surface area contributed by atoms with Crippen LogP contribution in [0.2, 0.25) is 0 Å². The lowest BCUT2D eigenvalue weighted by Gasteiger charge is -2.30. The van der Waals surface area contributed by atoms with E-state index in [-0.39, 0.29) is 5.91 Å². The van der Waals surface area contributed by atoms with Gasteiger partial charge < -0.3 is 16.0 Å². The van der Waals surface area contributed by atoms with Crippen molar-refractivity contribution in [2.24, 2.45) is 23.5 Å². The molecule has 1 saturated heterocycles. The number of nitrogens with zero attached hydrogens (tertiary/aromatic N) is 1. The molecule has 1 aliphatic rings. The summed E-state index contributed by atoms with van der Waals surface area (Å²) in [6.45, 7) is 11.6. The third-order valence-electron chi connectivity index (χ3n) is 4.85. The molecule has 4 heteroatoms. The highest BCUT2D eigenvalue weighted by Crippen LogP contribution is 2.20. The summed E-state index contributed by atoms with van der Waals surface area (Å²) in [5, 5.41) is 3.07. The van der Waals surface area contributed by atoms with Gasteiger partial charge in [0.2, 0.25) is 5.91 Å². The highest BCUT2D eigenvalue weighted by molar-refractivity contribution is 5.75. The first-order valence-electron chi connectivity index (χ1n) is 8.72. The maximum atomic E-state index is 11.9. The van der Waals surface area contributed by atoms with Crippen molar-refractivity contribution in [1.29, 1.82) is 0 Å². The quantitative estimate of drug-likeness (QED) is 0.686. The minimum absolute atomic E-state index is 0.197. The largest absolute Gasteiger partial charge is 0.355 e. The van der Waals surface area contributed by atoms with Crippen molar-refractivity contribution in [2.45, 2.75) is 52.9 Å². The van der Waals surface area contributed by atoms with Crippen molar-refractivity contribution in [3.63, 3.8) is 0 Å². The van der Waals surface area contributed by atoms with Crippen LogP contribution in [0.5, 0.6) is 0 Å². The Labute approximate surface area is 130 Å². The summed E-state index contributed by atoms with van der Waals surface area (Å²) in [5.74, 6) is 2.25. The third kappa shape index (κ3) is 7.82. The molecule has 0 spiro atoms. The molecule has 0 aromatic rings. The van der Waals surface area contributed by atoms with Gasteiger partial charge in [0.15, 0.2) is 0 Å². The molecule has 0 aliphatic carbocycles. The topological polar surface area (TPSA) is 58.4 Å². The number of nitrogens with two attached hydrogens (primary N) is 1. The van der Waals surface area contributed by atoms with Gasteiger partial charge in [-0.2, -0.15) is 0 Å². The lowest BCUT2D eigenvalue weighted by Crippen LogP contribution is -2.39. The van der Waals surface area contributed by atoms with Crippen LogP contribution in [-0.4, -0.2) is 43.5 Å². The van der Waals surface area contributed by atoms with Crippen LogP contribution in [0.1, 0.15) is 52.9 Å². The first kappa shape index (κ1) is 18.4. The number of piperidine rings is 1. The SMILES string of the molecule is CC1CCN(CCNC(=O)CCC(CCN)C(C)C)CC1. The number of hydrogen-bond acceptors (Lipinski definition) is 3. The summed E-state index contributed by atoms with van der Waals surface area (Å²) in [6, 6.07) is 0. The fraction of sp³-hybridized carbons (Fsp3) is 0.941. The molecule has 0 radical (unpaired) electrons. The molecule has 0 bridgehead atoms. The second-order valence-electron chi connectivity index (χ2n) is 6.99. The highest BCUT2D eigenvalue weighted by Gasteiger charge is 2.16. The number of hydrogen-bond donors (Lipinski definition) is 2. The molecule has 3 N–H and O–H groups in total. The van der Waals surface area contributed by atoms with E-state index in [0.717, 1.165) is 38.4 Å². The van der Waals surface area contributed by atoms with Gasteiger partial charge in [-0.25, -0.2) is 0 Å². The van der Waals surface area contributed by atoms with Crippen LogP contribution in [0.4, 0.5) is 0 Å². The molecular weight excluding hydrogens is 262 g/mol. The summed E-state index contributed by atoms with van der Waals surface area (Å²) in [4.78, 5) is 14.4. The Morgan fingerprint density at radius 2 is 1.95 bits per heavy atom. The smallest absolute Gasteiger partial charge is 0.220 e. The Kier molecular flexibility index (Phi) is 8.93. The van der Waals surface area contributed by atoms with E-state index in [1.165, 1.54) is 25.9 Å². The van der Waals surface area contributed by atoms with Crippen molar-refractivity contribution >= 4 is 5.91 Å². The second-order valence-corrected chi connectivity index (χ2v) is 6.99. The molecule has 124 valence electrons. The molecule has 21 heavy (non-hydrogen) atoms. The van der Waals surface area contributed by atoms with Gasteiger partial charge in [-0.3, -0.25) is 4.79 Å². The highest BCUT2D eigenvalue weighted by atomic mass is 16.1. The van der Waals surface area contributed by atoms with Gasteiger partial charge in [-0.1, -0.05) is 20.8 Å². The Bertz CT molecular complexity index is 286. The zero-order valence-electron chi connectivity index (χ0n) is 14.2. The van der Waals surface area contributed by atoms with Crippen molar-refractivity contribution in [3.05, 3.63) is 0 Å². The number of rotatable bonds is 9. The second kappa shape index (κ2) is 10.2. The van der Waals surface area contributed by atoms with E-state index in [1.54, 1.807) is 0 Å². The molecule has 1 heterocycles. The van der Waals surface area contributed by atoms with Crippen LogP contribution in [0.25, 0.3) is 0 Å². The average Bonchev–Trinajstić information content (AvgIpc) is 2.45. The van der Waals surface area contributed by atoms with Crippen molar-refractivity contribution in [3.8, 4) is 0 Å². The number of likely N-dealkylation sites (tertiary alicyclic amines) is 1.